The van der Waals surface area contributed by atoms with Crippen molar-refractivity contribution in [2.75, 3.05) is 26.7 Å². The number of aryl methyl sites for hydroxylation is 1. The predicted molar refractivity (Wildman–Crippen MR) is 80.6 cm³/mol. The van der Waals surface area contributed by atoms with Gasteiger partial charge in [-0.25, -0.2) is 4.98 Å². The lowest BCUT2D eigenvalue weighted by Crippen LogP contribution is -2.46. The van der Waals surface area contributed by atoms with Gasteiger partial charge in [-0.1, -0.05) is 0 Å². The SMILES string of the molecule is Cc1ncsc1CN(C)S(=O)(=O)N1CCC(CN)CC1. The number of hydrogen-bond donors (Lipinski definition) is 1. The molecule has 1 fully saturated rings. The highest BCUT2D eigenvalue weighted by atomic mass is 32.2. The average Bonchev–Trinajstić information content (AvgIpc) is 2.84. The Kier molecular flexibility index (Phi) is 5.14. The van der Waals surface area contributed by atoms with Crippen molar-refractivity contribution in [1.29, 1.82) is 0 Å². The van der Waals surface area contributed by atoms with Crippen LogP contribution in [0, 0.1) is 12.8 Å². The van der Waals surface area contributed by atoms with E-state index in [1.54, 1.807) is 16.9 Å². The molecule has 1 saturated heterocycles. The molecule has 1 aliphatic heterocycles. The van der Waals surface area contributed by atoms with Gasteiger partial charge in [-0.3, -0.25) is 0 Å². The molecule has 0 amide bonds. The number of piperidine rings is 1. The molecule has 0 bridgehead atoms. The molecule has 0 unspecified atom stereocenters. The zero-order valence-electron chi connectivity index (χ0n) is 11.9. The van der Waals surface area contributed by atoms with Crippen LogP contribution in [-0.4, -0.2) is 48.7 Å². The maximum absolute atomic E-state index is 12.5. The second-order valence-electron chi connectivity index (χ2n) is 5.20. The van der Waals surface area contributed by atoms with E-state index in [-0.39, 0.29) is 0 Å². The highest BCUT2D eigenvalue weighted by Crippen LogP contribution is 2.22. The van der Waals surface area contributed by atoms with E-state index in [0.717, 1.165) is 23.4 Å². The maximum Gasteiger partial charge on any atom is 0.282 e. The van der Waals surface area contributed by atoms with Crippen LogP contribution in [-0.2, 0) is 16.8 Å². The van der Waals surface area contributed by atoms with Crippen LogP contribution in [0.1, 0.15) is 23.4 Å². The summed E-state index contributed by atoms with van der Waals surface area (Å²) in [5, 5.41) is 0. The zero-order chi connectivity index (χ0) is 14.8. The summed E-state index contributed by atoms with van der Waals surface area (Å²) in [7, 11) is -1.75. The van der Waals surface area contributed by atoms with Crippen LogP contribution in [0.3, 0.4) is 0 Å². The van der Waals surface area contributed by atoms with E-state index in [4.69, 9.17) is 5.73 Å². The van der Waals surface area contributed by atoms with Crippen molar-refractivity contribution in [2.45, 2.75) is 26.3 Å². The van der Waals surface area contributed by atoms with Gasteiger partial charge >= 0.3 is 0 Å². The molecular formula is C12H22N4O2S2. The Balaban J connectivity index is 2.01. The summed E-state index contributed by atoms with van der Waals surface area (Å²) in [6, 6.07) is 0. The third kappa shape index (κ3) is 3.37. The van der Waals surface area contributed by atoms with E-state index in [9.17, 15) is 8.42 Å². The smallest absolute Gasteiger partial charge is 0.282 e. The van der Waals surface area contributed by atoms with Crippen molar-refractivity contribution >= 4 is 21.5 Å². The number of aromatic nitrogens is 1. The normalized spacial score (nSPS) is 18.8. The average molecular weight is 318 g/mol. The molecule has 0 spiro atoms. The van der Waals surface area contributed by atoms with Gasteiger partial charge in [0, 0.05) is 25.0 Å². The van der Waals surface area contributed by atoms with E-state index in [1.807, 2.05) is 6.92 Å². The van der Waals surface area contributed by atoms with Crippen molar-refractivity contribution in [2.24, 2.45) is 11.7 Å². The maximum atomic E-state index is 12.5. The molecule has 20 heavy (non-hydrogen) atoms. The second kappa shape index (κ2) is 6.48. The Morgan fingerprint density at radius 2 is 2.15 bits per heavy atom. The van der Waals surface area contributed by atoms with Gasteiger partial charge in [0.1, 0.15) is 0 Å². The monoisotopic (exact) mass is 318 g/mol. The summed E-state index contributed by atoms with van der Waals surface area (Å²) in [6.45, 7) is 4.06. The topological polar surface area (TPSA) is 79.5 Å². The molecule has 114 valence electrons. The van der Waals surface area contributed by atoms with Crippen molar-refractivity contribution in [3.63, 3.8) is 0 Å². The largest absolute Gasteiger partial charge is 0.330 e. The van der Waals surface area contributed by atoms with E-state index < -0.39 is 10.2 Å². The fourth-order valence-corrected chi connectivity index (χ4v) is 4.60. The quantitative estimate of drug-likeness (QED) is 0.871. The fraction of sp³-hybridized carbons (Fsp3) is 0.750. The molecule has 2 N–H and O–H groups in total. The molecule has 0 aliphatic carbocycles. The number of nitrogens with zero attached hydrogens (tertiary/aromatic N) is 3. The zero-order valence-corrected chi connectivity index (χ0v) is 13.6. The summed E-state index contributed by atoms with van der Waals surface area (Å²) in [4.78, 5) is 5.15. The number of nitrogens with two attached hydrogens (primary N) is 1. The molecule has 6 nitrogen and oxygen atoms in total. The van der Waals surface area contributed by atoms with E-state index in [1.165, 1.54) is 15.6 Å². The molecular weight excluding hydrogens is 296 g/mol. The van der Waals surface area contributed by atoms with Crippen LogP contribution in [0.2, 0.25) is 0 Å². The van der Waals surface area contributed by atoms with Crippen LogP contribution < -0.4 is 5.73 Å². The van der Waals surface area contributed by atoms with E-state index in [0.29, 0.717) is 32.1 Å². The molecule has 2 heterocycles. The number of rotatable bonds is 5. The van der Waals surface area contributed by atoms with Crippen LogP contribution in [0.4, 0.5) is 0 Å². The Morgan fingerprint density at radius 3 is 2.65 bits per heavy atom. The summed E-state index contributed by atoms with van der Waals surface area (Å²) >= 11 is 1.49. The molecule has 2 rings (SSSR count). The first kappa shape index (κ1) is 15.8. The molecule has 0 saturated carbocycles. The third-order valence-corrected chi connectivity index (χ3v) is 6.69. The number of thiazole rings is 1. The molecule has 0 atom stereocenters. The Labute approximate surface area is 124 Å². The molecule has 0 radical (unpaired) electrons. The van der Waals surface area contributed by atoms with Gasteiger partial charge in [0.15, 0.2) is 0 Å². The van der Waals surface area contributed by atoms with E-state index in [2.05, 4.69) is 4.98 Å². The van der Waals surface area contributed by atoms with Crippen LogP contribution in [0.15, 0.2) is 5.51 Å². The first-order valence-corrected chi connectivity index (χ1v) is 9.03. The van der Waals surface area contributed by atoms with Crippen molar-refractivity contribution in [3.05, 3.63) is 16.1 Å². The molecule has 1 aromatic heterocycles. The Morgan fingerprint density at radius 1 is 1.50 bits per heavy atom. The predicted octanol–water partition coefficient (Wildman–Crippen LogP) is 0.799. The van der Waals surface area contributed by atoms with Gasteiger partial charge in [0.2, 0.25) is 0 Å². The number of hydrogen-bond acceptors (Lipinski definition) is 5. The minimum absolute atomic E-state index is 0.385. The molecule has 8 heteroatoms. The van der Waals surface area contributed by atoms with Crippen LogP contribution >= 0.6 is 11.3 Å². The lowest BCUT2D eigenvalue weighted by molar-refractivity contribution is 0.262. The summed E-state index contributed by atoms with van der Waals surface area (Å²) in [5.41, 5.74) is 8.29. The summed E-state index contributed by atoms with van der Waals surface area (Å²) < 4.78 is 28.0. The van der Waals surface area contributed by atoms with E-state index >= 15 is 0 Å². The van der Waals surface area contributed by atoms with Crippen LogP contribution in [0.25, 0.3) is 0 Å². The highest BCUT2D eigenvalue weighted by molar-refractivity contribution is 7.86. The first-order valence-electron chi connectivity index (χ1n) is 6.75. The minimum Gasteiger partial charge on any atom is -0.330 e. The minimum atomic E-state index is -3.38. The van der Waals surface area contributed by atoms with Gasteiger partial charge in [-0.05, 0) is 32.2 Å². The van der Waals surface area contributed by atoms with Crippen molar-refractivity contribution in [3.8, 4) is 0 Å². The van der Waals surface area contributed by atoms with Gasteiger partial charge in [-0.2, -0.15) is 17.0 Å². The van der Waals surface area contributed by atoms with Gasteiger partial charge < -0.3 is 5.73 Å². The van der Waals surface area contributed by atoms with Crippen molar-refractivity contribution in [1.82, 2.24) is 13.6 Å². The Bertz CT molecular complexity index is 535. The lowest BCUT2D eigenvalue weighted by Gasteiger charge is -2.33. The van der Waals surface area contributed by atoms with Gasteiger partial charge in [0.05, 0.1) is 17.7 Å². The first-order chi connectivity index (χ1) is 9.45. The fourth-order valence-electron chi connectivity index (χ4n) is 2.33. The van der Waals surface area contributed by atoms with Crippen LogP contribution in [0.5, 0.6) is 0 Å². The standard InChI is InChI=1S/C12H22N4O2S2/c1-10-12(19-9-14-10)8-15(2)20(17,18)16-5-3-11(7-13)4-6-16/h9,11H,3-8,13H2,1-2H3. The molecule has 1 aromatic rings. The lowest BCUT2D eigenvalue weighted by atomic mass is 9.99. The van der Waals surface area contributed by atoms with Gasteiger partial charge in [0.25, 0.3) is 10.2 Å². The molecule has 1 aliphatic rings. The second-order valence-corrected chi connectivity index (χ2v) is 8.18. The summed E-state index contributed by atoms with van der Waals surface area (Å²) in [6.07, 6.45) is 1.70. The Hall–Kier alpha value is -0.540. The van der Waals surface area contributed by atoms with Crippen molar-refractivity contribution < 1.29 is 8.42 Å². The third-order valence-electron chi connectivity index (χ3n) is 3.84. The highest BCUT2D eigenvalue weighted by Gasteiger charge is 2.31. The van der Waals surface area contributed by atoms with Gasteiger partial charge in [-0.15, -0.1) is 11.3 Å². The molecule has 0 aromatic carbocycles. The summed E-state index contributed by atoms with van der Waals surface area (Å²) in [5.74, 6) is 0.454.